The monoisotopic (exact) mass is 410 g/mol. The van der Waals surface area contributed by atoms with Gasteiger partial charge in [-0.1, -0.05) is 40.9 Å². The summed E-state index contributed by atoms with van der Waals surface area (Å²) in [6.45, 7) is 4.29. The maximum absolute atomic E-state index is 12.6. The molecule has 4 nitrogen and oxygen atoms in total. The number of hydrogen-bond donors (Lipinski definition) is 1. The lowest BCUT2D eigenvalue weighted by atomic mass is 10.1. The van der Waals surface area contributed by atoms with E-state index in [9.17, 15) is 9.59 Å². The van der Waals surface area contributed by atoms with Crippen molar-refractivity contribution in [3.05, 3.63) is 56.5 Å². The van der Waals surface area contributed by atoms with Gasteiger partial charge < -0.3 is 10.2 Å². The van der Waals surface area contributed by atoms with E-state index >= 15 is 0 Å². The van der Waals surface area contributed by atoms with Crippen molar-refractivity contribution in [2.24, 2.45) is 5.92 Å². The van der Waals surface area contributed by atoms with Crippen molar-refractivity contribution in [2.45, 2.75) is 20.3 Å². The van der Waals surface area contributed by atoms with Crippen LogP contribution in [0.3, 0.4) is 0 Å². The highest BCUT2D eigenvalue weighted by Crippen LogP contribution is 2.33. The molecular weight excluding hydrogens is 395 g/mol. The van der Waals surface area contributed by atoms with Gasteiger partial charge in [-0.25, -0.2) is 0 Å². The summed E-state index contributed by atoms with van der Waals surface area (Å²) in [5.41, 5.74) is 3.34. The molecule has 1 heterocycles. The summed E-state index contributed by atoms with van der Waals surface area (Å²) in [4.78, 5) is 26.7. The number of nitrogens with zero attached hydrogens (tertiary/aromatic N) is 1. The van der Waals surface area contributed by atoms with Crippen LogP contribution in [0.25, 0.3) is 0 Å². The molecule has 1 N–H and O–H groups in total. The fourth-order valence-corrected chi connectivity index (χ4v) is 3.69. The van der Waals surface area contributed by atoms with Gasteiger partial charge in [0.25, 0.3) is 0 Å². The van der Waals surface area contributed by atoms with Crippen molar-refractivity contribution in [3.8, 4) is 0 Å². The molecule has 1 aliphatic rings. The second-order valence-electron chi connectivity index (χ2n) is 6.49. The number of aryl methyl sites for hydroxylation is 2. The van der Waals surface area contributed by atoms with Crippen molar-refractivity contribution >= 4 is 58.0 Å². The molecule has 26 heavy (non-hydrogen) atoms. The number of halogens is 3. The zero-order chi connectivity index (χ0) is 19.0. The van der Waals surface area contributed by atoms with Crippen LogP contribution in [0.2, 0.25) is 15.1 Å². The Bertz CT molecular complexity index is 878. The van der Waals surface area contributed by atoms with Gasteiger partial charge in [0, 0.05) is 18.7 Å². The number of rotatable bonds is 3. The Labute approximate surface area is 167 Å². The molecule has 1 unspecified atom stereocenters. The summed E-state index contributed by atoms with van der Waals surface area (Å²) in [7, 11) is 0. The van der Waals surface area contributed by atoms with Crippen LogP contribution in [0, 0.1) is 19.8 Å². The van der Waals surface area contributed by atoms with E-state index in [0.717, 1.165) is 16.8 Å². The molecule has 7 heteroatoms. The zero-order valence-electron chi connectivity index (χ0n) is 14.3. The van der Waals surface area contributed by atoms with E-state index < -0.39 is 5.92 Å². The molecule has 2 aromatic rings. The van der Waals surface area contributed by atoms with Gasteiger partial charge in [0.05, 0.1) is 26.7 Å². The van der Waals surface area contributed by atoms with E-state index in [1.807, 2.05) is 32.0 Å². The predicted molar refractivity (Wildman–Crippen MR) is 106 cm³/mol. The third-order valence-corrected chi connectivity index (χ3v) is 5.32. The van der Waals surface area contributed by atoms with Crippen molar-refractivity contribution < 1.29 is 9.59 Å². The number of amides is 2. The third kappa shape index (κ3) is 3.98. The van der Waals surface area contributed by atoms with E-state index in [2.05, 4.69) is 5.32 Å². The fourth-order valence-electron chi connectivity index (χ4n) is 3.09. The molecule has 0 saturated carbocycles. The van der Waals surface area contributed by atoms with Gasteiger partial charge in [-0.15, -0.1) is 0 Å². The molecule has 2 aromatic carbocycles. The lowest BCUT2D eigenvalue weighted by Crippen LogP contribution is -2.28. The van der Waals surface area contributed by atoms with Crippen LogP contribution in [0.1, 0.15) is 17.5 Å². The summed E-state index contributed by atoms with van der Waals surface area (Å²) in [5.74, 6) is -0.810. The molecule has 3 rings (SSSR count). The van der Waals surface area contributed by atoms with E-state index in [0.29, 0.717) is 27.3 Å². The van der Waals surface area contributed by atoms with E-state index in [-0.39, 0.29) is 18.2 Å². The van der Waals surface area contributed by atoms with Crippen LogP contribution in [-0.4, -0.2) is 18.4 Å². The molecule has 1 saturated heterocycles. The zero-order valence-corrected chi connectivity index (χ0v) is 16.5. The number of hydrogen-bond acceptors (Lipinski definition) is 2. The summed E-state index contributed by atoms with van der Waals surface area (Å²) < 4.78 is 0. The Morgan fingerprint density at radius 2 is 1.62 bits per heavy atom. The number of anilines is 2. The SMILES string of the molecule is Cc1cc(C)cc(N2CC(C(=O)Nc3cc(Cl)c(Cl)cc3Cl)CC2=O)c1. The van der Waals surface area contributed by atoms with Crippen molar-refractivity contribution in [1.29, 1.82) is 0 Å². The molecule has 1 aliphatic heterocycles. The standard InChI is InChI=1S/C19H17Cl3N2O2/c1-10-3-11(2)5-13(4-10)24-9-12(6-18(24)25)19(26)23-17-8-15(21)14(20)7-16(17)22/h3-5,7-8,12H,6,9H2,1-2H3,(H,23,26). The van der Waals surface area contributed by atoms with Crippen LogP contribution in [0.5, 0.6) is 0 Å². The molecule has 0 radical (unpaired) electrons. The number of nitrogens with one attached hydrogen (secondary N) is 1. The Hall–Kier alpha value is -1.75. The highest BCUT2D eigenvalue weighted by atomic mass is 35.5. The average molecular weight is 412 g/mol. The minimum absolute atomic E-state index is 0.0737. The first kappa shape index (κ1) is 19.0. The first-order valence-electron chi connectivity index (χ1n) is 8.08. The fraction of sp³-hybridized carbons (Fsp3) is 0.263. The molecule has 2 amide bonds. The van der Waals surface area contributed by atoms with Gasteiger partial charge in [-0.05, 0) is 49.2 Å². The first-order chi connectivity index (χ1) is 12.2. The van der Waals surface area contributed by atoms with Crippen LogP contribution < -0.4 is 10.2 Å². The smallest absolute Gasteiger partial charge is 0.229 e. The average Bonchev–Trinajstić information content (AvgIpc) is 2.93. The Morgan fingerprint density at radius 1 is 1.00 bits per heavy atom. The molecule has 0 aliphatic carbocycles. The Kier molecular flexibility index (Phi) is 5.47. The molecule has 0 bridgehead atoms. The largest absolute Gasteiger partial charge is 0.324 e. The summed E-state index contributed by atoms with van der Waals surface area (Å²) in [6.07, 6.45) is 0.151. The van der Waals surface area contributed by atoms with E-state index in [1.54, 1.807) is 4.90 Å². The second kappa shape index (κ2) is 7.47. The molecule has 0 aromatic heterocycles. The Morgan fingerprint density at radius 3 is 2.27 bits per heavy atom. The van der Waals surface area contributed by atoms with Crippen LogP contribution in [0.4, 0.5) is 11.4 Å². The maximum Gasteiger partial charge on any atom is 0.229 e. The summed E-state index contributed by atoms with van der Waals surface area (Å²) in [5, 5.41) is 3.65. The second-order valence-corrected chi connectivity index (χ2v) is 7.71. The highest BCUT2D eigenvalue weighted by Gasteiger charge is 2.35. The molecule has 1 atom stereocenters. The third-order valence-electron chi connectivity index (χ3n) is 4.28. The molecule has 0 spiro atoms. The van der Waals surface area contributed by atoms with Crippen molar-refractivity contribution in [2.75, 3.05) is 16.8 Å². The van der Waals surface area contributed by atoms with Gasteiger partial charge in [0.1, 0.15) is 0 Å². The van der Waals surface area contributed by atoms with Crippen LogP contribution in [-0.2, 0) is 9.59 Å². The molecular formula is C19H17Cl3N2O2. The number of benzene rings is 2. The Balaban J connectivity index is 1.76. The van der Waals surface area contributed by atoms with Crippen LogP contribution in [0.15, 0.2) is 30.3 Å². The molecule has 136 valence electrons. The maximum atomic E-state index is 12.6. The van der Waals surface area contributed by atoms with Gasteiger partial charge in [0.15, 0.2) is 0 Å². The summed E-state index contributed by atoms with van der Waals surface area (Å²) >= 11 is 18.0. The quantitative estimate of drug-likeness (QED) is 0.701. The minimum atomic E-state index is -0.464. The normalized spacial score (nSPS) is 16.9. The van der Waals surface area contributed by atoms with Crippen molar-refractivity contribution in [3.63, 3.8) is 0 Å². The molecule has 1 fully saturated rings. The predicted octanol–water partition coefficient (Wildman–Crippen LogP) is 5.26. The topological polar surface area (TPSA) is 49.4 Å². The minimum Gasteiger partial charge on any atom is -0.324 e. The van der Waals surface area contributed by atoms with E-state index in [1.165, 1.54) is 12.1 Å². The number of carbonyl (C=O) groups excluding carboxylic acids is 2. The van der Waals surface area contributed by atoms with Gasteiger partial charge in [0.2, 0.25) is 11.8 Å². The van der Waals surface area contributed by atoms with Crippen molar-refractivity contribution in [1.82, 2.24) is 0 Å². The van der Waals surface area contributed by atoms with Gasteiger partial charge >= 0.3 is 0 Å². The van der Waals surface area contributed by atoms with Gasteiger partial charge in [-0.3, -0.25) is 9.59 Å². The van der Waals surface area contributed by atoms with Gasteiger partial charge in [-0.2, -0.15) is 0 Å². The summed E-state index contributed by atoms with van der Waals surface area (Å²) in [6, 6.07) is 8.91. The number of carbonyl (C=O) groups is 2. The van der Waals surface area contributed by atoms with Crippen LogP contribution >= 0.6 is 34.8 Å². The van der Waals surface area contributed by atoms with E-state index in [4.69, 9.17) is 34.8 Å². The lowest BCUT2D eigenvalue weighted by Gasteiger charge is -2.18. The highest BCUT2D eigenvalue weighted by molar-refractivity contribution is 6.44. The first-order valence-corrected chi connectivity index (χ1v) is 9.22. The lowest BCUT2D eigenvalue weighted by molar-refractivity contribution is -0.122.